The van der Waals surface area contributed by atoms with Gasteiger partial charge in [-0.3, -0.25) is 14.4 Å². The number of nitrogens with zero attached hydrogens (tertiary/aromatic N) is 1. The average Bonchev–Trinajstić information content (AvgIpc) is 3.35. The summed E-state index contributed by atoms with van der Waals surface area (Å²) in [5.74, 6) is -2.79. The second kappa shape index (κ2) is 8.72. The molecule has 0 aliphatic carbocycles. The molecule has 1 aromatic rings. The minimum absolute atomic E-state index is 0.0903. The summed E-state index contributed by atoms with van der Waals surface area (Å²) in [6, 6.07) is 8.03. The topological polar surface area (TPSA) is 105 Å². The van der Waals surface area contributed by atoms with E-state index in [-0.39, 0.29) is 30.9 Å². The molecule has 3 saturated heterocycles. The van der Waals surface area contributed by atoms with E-state index < -0.39 is 41.1 Å². The predicted octanol–water partition coefficient (Wildman–Crippen LogP) is 1.65. The largest absolute Gasteiger partial charge is 0.466 e. The highest BCUT2D eigenvalue weighted by molar-refractivity contribution is 5.98. The van der Waals surface area contributed by atoms with Crippen molar-refractivity contribution in [3.8, 4) is 0 Å². The molecule has 0 aromatic heterocycles. The third-order valence-corrected chi connectivity index (χ3v) is 7.63. The second-order valence-electron chi connectivity index (χ2n) is 9.92. The van der Waals surface area contributed by atoms with Crippen molar-refractivity contribution in [1.82, 2.24) is 10.2 Å². The Balaban J connectivity index is 1.73. The first-order valence-corrected chi connectivity index (χ1v) is 11.8. The molecule has 8 heteroatoms. The molecule has 1 spiro atoms. The molecule has 0 saturated carbocycles. The summed E-state index contributed by atoms with van der Waals surface area (Å²) in [6.07, 6.45) is 1.05. The molecule has 8 nitrogen and oxygen atoms in total. The van der Waals surface area contributed by atoms with Gasteiger partial charge in [0.05, 0.1) is 30.8 Å². The fourth-order valence-corrected chi connectivity index (χ4v) is 6.11. The van der Waals surface area contributed by atoms with Crippen LogP contribution in [0.15, 0.2) is 30.3 Å². The van der Waals surface area contributed by atoms with Crippen molar-refractivity contribution in [3.05, 3.63) is 35.9 Å². The Bertz CT molecular complexity index is 921. The molecular weight excluding hydrogens is 424 g/mol. The molecule has 2 unspecified atom stereocenters. The van der Waals surface area contributed by atoms with E-state index in [1.165, 1.54) is 4.90 Å². The predicted molar refractivity (Wildman–Crippen MR) is 120 cm³/mol. The van der Waals surface area contributed by atoms with Crippen LogP contribution in [0.4, 0.5) is 0 Å². The number of nitrogens with one attached hydrogen (secondary N) is 1. The van der Waals surface area contributed by atoms with E-state index in [1.807, 2.05) is 51.1 Å². The Labute approximate surface area is 194 Å². The molecule has 33 heavy (non-hydrogen) atoms. The van der Waals surface area contributed by atoms with Gasteiger partial charge in [0.25, 0.3) is 0 Å². The van der Waals surface area contributed by atoms with Gasteiger partial charge in [-0.05, 0) is 38.2 Å². The number of hydrogen-bond acceptors (Lipinski definition) is 6. The van der Waals surface area contributed by atoms with E-state index in [9.17, 15) is 19.5 Å². The maximum atomic E-state index is 13.9. The summed E-state index contributed by atoms with van der Waals surface area (Å²) >= 11 is 0. The molecule has 3 aliphatic rings. The SMILES string of the molecule is CCOC(=O)[C@H]1[C@H]2C(=O)N([C@@H](CO)C(C)C)C(C(=O)NCc3ccccc3)C23CC[C@]1(C)O3. The lowest BCUT2D eigenvalue weighted by Gasteiger charge is -2.38. The number of fused-ring (bicyclic) bond motifs is 1. The van der Waals surface area contributed by atoms with Crippen molar-refractivity contribution in [2.45, 2.75) is 70.4 Å². The second-order valence-corrected chi connectivity index (χ2v) is 9.92. The van der Waals surface area contributed by atoms with Crippen molar-refractivity contribution in [1.29, 1.82) is 0 Å². The number of rotatable bonds is 8. The van der Waals surface area contributed by atoms with Gasteiger partial charge in [-0.25, -0.2) is 0 Å². The Morgan fingerprint density at radius 3 is 2.58 bits per heavy atom. The number of carbonyl (C=O) groups excluding carboxylic acids is 3. The van der Waals surface area contributed by atoms with Crippen LogP contribution in [0.25, 0.3) is 0 Å². The number of likely N-dealkylation sites (tertiary alicyclic amines) is 1. The van der Waals surface area contributed by atoms with Gasteiger partial charge >= 0.3 is 5.97 Å². The number of amides is 2. The zero-order valence-electron chi connectivity index (χ0n) is 19.7. The molecule has 2 amide bonds. The van der Waals surface area contributed by atoms with Gasteiger partial charge in [-0.1, -0.05) is 44.2 Å². The summed E-state index contributed by atoms with van der Waals surface area (Å²) in [4.78, 5) is 42.0. The quantitative estimate of drug-likeness (QED) is 0.574. The van der Waals surface area contributed by atoms with Gasteiger partial charge < -0.3 is 24.8 Å². The van der Waals surface area contributed by atoms with Crippen LogP contribution in [0.5, 0.6) is 0 Å². The first-order valence-electron chi connectivity index (χ1n) is 11.8. The van der Waals surface area contributed by atoms with Gasteiger partial charge in [-0.2, -0.15) is 0 Å². The Kier molecular flexibility index (Phi) is 6.26. The number of aliphatic hydroxyl groups is 1. The number of benzene rings is 1. The summed E-state index contributed by atoms with van der Waals surface area (Å²) in [7, 11) is 0. The van der Waals surface area contributed by atoms with Crippen molar-refractivity contribution >= 4 is 17.8 Å². The molecule has 0 radical (unpaired) electrons. The van der Waals surface area contributed by atoms with Crippen molar-refractivity contribution in [2.75, 3.05) is 13.2 Å². The molecule has 3 heterocycles. The Morgan fingerprint density at radius 2 is 1.97 bits per heavy atom. The summed E-state index contributed by atoms with van der Waals surface area (Å²) < 4.78 is 11.8. The van der Waals surface area contributed by atoms with E-state index in [0.29, 0.717) is 19.4 Å². The Morgan fingerprint density at radius 1 is 1.27 bits per heavy atom. The minimum Gasteiger partial charge on any atom is -0.466 e. The Hall–Kier alpha value is -2.45. The number of carbonyl (C=O) groups is 3. The smallest absolute Gasteiger partial charge is 0.312 e. The van der Waals surface area contributed by atoms with Gasteiger partial charge in [0, 0.05) is 6.54 Å². The van der Waals surface area contributed by atoms with Crippen LogP contribution < -0.4 is 5.32 Å². The lowest BCUT2D eigenvalue weighted by Crippen LogP contribution is -2.58. The maximum Gasteiger partial charge on any atom is 0.312 e. The average molecular weight is 459 g/mol. The first-order chi connectivity index (χ1) is 15.7. The normalized spacial score (nSPS) is 33.3. The van der Waals surface area contributed by atoms with E-state index in [2.05, 4.69) is 5.32 Å². The van der Waals surface area contributed by atoms with Gasteiger partial charge in [0.15, 0.2) is 0 Å². The zero-order chi connectivity index (χ0) is 24.0. The first kappa shape index (κ1) is 23.7. The number of hydrogen-bond donors (Lipinski definition) is 2. The molecule has 1 aromatic carbocycles. The van der Waals surface area contributed by atoms with Gasteiger partial charge in [-0.15, -0.1) is 0 Å². The van der Waals surface area contributed by atoms with Crippen LogP contribution in [0, 0.1) is 17.8 Å². The molecule has 3 aliphatic heterocycles. The van der Waals surface area contributed by atoms with Crippen molar-refractivity contribution in [2.24, 2.45) is 17.8 Å². The third kappa shape index (κ3) is 3.64. The highest BCUT2D eigenvalue weighted by Crippen LogP contribution is 2.63. The fraction of sp³-hybridized carbons (Fsp3) is 0.640. The number of ether oxygens (including phenoxy) is 2. The monoisotopic (exact) mass is 458 g/mol. The van der Waals surface area contributed by atoms with E-state index in [4.69, 9.17) is 9.47 Å². The lowest BCUT2D eigenvalue weighted by molar-refractivity contribution is -0.160. The van der Waals surface area contributed by atoms with Crippen LogP contribution in [0.3, 0.4) is 0 Å². The zero-order valence-corrected chi connectivity index (χ0v) is 19.7. The summed E-state index contributed by atoms with van der Waals surface area (Å²) in [5, 5.41) is 13.1. The van der Waals surface area contributed by atoms with Crippen LogP contribution >= 0.6 is 0 Å². The van der Waals surface area contributed by atoms with E-state index >= 15 is 0 Å². The van der Waals surface area contributed by atoms with Crippen LogP contribution in [-0.2, 0) is 30.4 Å². The van der Waals surface area contributed by atoms with Crippen molar-refractivity contribution in [3.63, 3.8) is 0 Å². The van der Waals surface area contributed by atoms with Gasteiger partial charge in [0.2, 0.25) is 11.8 Å². The molecule has 3 fully saturated rings. The van der Waals surface area contributed by atoms with Crippen molar-refractivity contribution < 1.29 is 29.0 Å². The highest BCUT2D eigenvalue weighted by Gasteiger charge is 2.78. The molecular formula is C25H34N2O6. The molecule has 2 bridgehead atoms. The van der Waals surface area contributed by atoms with Crippen LogP contribution in [0.2, 0.25) is 0 Å². The van der Waals surface area contributed by atoms with E-state index in [1.54, 1.807) is 6.92 Å². The maximum absolute atomic E-state index is 13.9. The third-order valence-electron chi connectivity index (χ3n) is 7.63. The molecule has 6 atom stereocenters. The van der Waals surface area contributed by atoms with Crippen LogP contribution in [0.1, 0.15) is 46.1 Å². The minimum atomic E-state index is -1.12. The molecule has 180 valence electrons. The van der Waals surface area contributed by atoms with E-state index in [0.717, 1.165) is 5.56 Å². The van der Waals surface area contributed by atoms with Gasteiger partial charge in [0.1, 0.15) is 17.6 Å². The lowest BCUT2D eigenvalue weighted by atomic mass is 9.66. The fourth-order valence-electron chi connectivity index (χ4n) is 6.11. The summed E-state index contributed by atoms with van der Waals surface area (Å²) in [6.45, 7) is 7.61. The van der Waals surface area contributed by atoms with Crippen LogP contribution in [-0.4, -0.2) is 64.3 Å². The summed E-state index contributed by atoms with van der Waals surface area (Å²) in [5.41, 5.74) is -1.04. The number of esters is 1. The standard InChI is InChI=1S/C25H34N2O6/c1-5-32-23(31)19-18-22(30)27(17(14-28)15(2)3)20(25(18)12-11-24(19,4)33-25)21(29)26-13-16-9-7-6-8-10-16/h6-10,15,17-20,28H,5,11-14H2,1-4H3,(H,26,29)/t17-,18-,19+,20?,24-,25?/m0/s1. The molecule has 4 rings (SSSR count). The molecule has 2 N–H and O–H groups in total. The highest BCUT2D eigenvalue weighted by atomic mass is 16.6. The number of aliphatic hydroxyl groups excluding tert-OH is 1.